The van der Waals surface area contributed by atoms with E-state index in [9.17, 15) is 17.6 Å². The molecule has 3 rings (SSSR count). The van der Waals surface area contributed by atoms with E-state index in [1.807, 2.05) is 6.07 Å². The predicted molar refractivity (Wildman–Crippen MR) is 118 cm³/mol. The van der Waals surface area contributed by atoms with Gasteiger partial charge in [-0.05, 0) is 49.3 Å². The molecule has 29 heavy (non-hydrogen) atoms. The van der Waals surface area contributed by atoms with E-state index >= 15 is 0 Å². The summed E-state index contributed by atoms with van der Waals surface area (Å²) >= 11 is 0. The Bertz CT molecular complexity index is 1010. The molecule has 1 fully saturated rings. The first-order valence-corrected chi connectivity index (χ1v) is 10.6. The first kappa shape index (κ1) is 22.6. The standard InChI is InChI=1S/C20H23N3O3S.CH3F.2H2/c1-3-5-17(4-2)22-20(24)15-9-12-23(13-10-15)27(25,26)18-6-7-19-16(14-18)8-11-21-19;1-2;;/h3-8,11,14-15,21H,1-2,9-10,12-13H2,(H,22,24);1H3;2*1H/b17-5+;;;. The number of sulfonamides is 1. The molecule has 8 heteroatoms. The Morgan fingerprint density at radius 3 is 2.59 bits per heavy atom. The number of allylic oxidation sites excluding steroid dienone is 3. The zero-order chi connectivity index (χ0) is 21.4. The summed E-state index contributed by atoms with van der Waals surface area (Å²) in [6.45, 7) is 7.89. The number of rotatable bonds is 6. The molecule has 0 bridgehead atoms. The number of piperidine rings is 1. The van der Waals surface area contributed by atoms with Crippen LogP contribution in [-0.2, 0) is 14.8 Å². The molecular weight excluding hydrogens is 393 g/mol. The third-order valence-electron chi connectivity index (χ3n) is 4.77. The van der Waals surface area contributed by atoms with Crippen LogP contribution in [0.15, 0.2) is 72.4 Å². The minimum absolute atomic E-state index is 0. The van der Waals surface area contributed by atoms with Gasteiger partial charge in [0.05, 0.1) is 12.1 Å². The average Bonchev–Trinajstić information content (AvgIpc) is 3.23. The van der Waals surface area contributed by atoms with E-state index in [-0.39, 0.29) is 19.6 Å². The van der Waals surface area contributed by atoms with Gasteiger partial charge in [0.2, 0.25) is 15.9 Å². The fourth-order valence-corrected chi connectivity index (χ4v) is 4.74. The third-order valence-corrected chi connectivity index (χ3v) is 6.67. The van der Waals surface area contributed by atoms with Crippen LogP contribution in [0.5, 0.6) is 0 Å². The SMILES string of the molecule is C=C/C=C(\C=C)NC(=O)C1CCN(S(=O)(=O)c2ccc3[nH]ccc3c2)CC1.CF.[HH].[HH]. The quantitative estimate of drug-likeness (QED) is 0.689. The molecule has 2 N–H and O–H groups in total. The van der Waals surface area contributed by atoms with Crippen LogP contribution in [0.3, 0.4) is 0 Å². The summed E-state index contributed by atoms with van der Waals surface area (Å²) in [5, 5.41) is 3.66. The number of carbonyl (C=O) groups excluding carboxylic acids is 1. The van der Waals surface area contributed by atoms with Crippen molar-refractivity contribution in [1.29, 1.82) is 0 Å². The maximum Gasteiger partial charge on any atom is 0.243 e. The lowest BCUT2D eigenvalue weighted by Gasteiger charge is -2.30. The second-order valence-corrected chi connectivity index (χ2v) is 8.39. The average molecular weight is 424 g/mol. The normalized spacial score (nSPS) is 16.0. The number of hydrogen-bond donors (Lipinski definition) is 2. The van der Waals surface area contributed by atoms with E-state index in [4.69, 9.17) is 0 Å². The summed E-state index contributed by atoms with van der Waals surface area (Å²) in [5.41, 5.74) is 1.49. The molecule has 0 radical (unpaired) electrons. The van der Waals surface area contributed by atoms with Crippen molar-refractivity contribution in [3.63, 3.8) is 0 Å². The number of amides is 1. The molecule has 0 aliphatic carbocycles. The van der Waals surface area contributed by atoms with Crippen LogP contribution in [0, 0.1) is 5.92 Å². The highest BCUT2D eigenvalue weighted by Crippen LogP contribution is 2.26. The second kappa shape index (κ2) is 10.2. The van der Waals surface area contributed by atoms with Crippen LogP contribution in [0.25, 0.3) is 10.9 Å². The molecule has 1 aliphatic rings. The van der Waals surface area contributed by atoms with Gasteiger partial charge in [-0.2, -0.15) is 4.31 Å². The number of halogens is 1. The van der Waals surface area contributed by atoms with E-state index in [1.54, 1.807) is 42.6 Å². The summed E-state index contributed by atoms with van der Waals surface area (Å²) in [4.78, 5) is 15.7. The Hall–Kier alpha value is -2.71. The van der Waals surface area contributed by atoms with Crippen LogP contribution in [0.2, 0.25) is 0 Å². The molecule has 1 aliphatic heterocycles. The maximum atomic E-state index is 12.9. The number of aromatic amines is 1. The third kappa shape index (κ3) is 5.21. The number of H-pyrrole nitrogens is 1. The molecule has 1 amide bonds. The molecule has 0 saturated carbocycles. The van der Waals surface area contributed by atoms with Crippen molar-refractivity contribution in [2.75, 3.05) is 20.3 Å². The highest BCUT2D eigenvalue weighted by Gasteiger charge is 2.32. The van der Waals surface area contributed by atoms with Crippen LogP contribution in [0.4, 0.5) is 4.39 Å². The molecule has 0 unspecified atom stereocenters. The van der Waals surface area contributed by atoms with E-state index in [2.05, 4.69) is 23.5 Å². The van der Waals surface area contributed by atoms with Crippen molar-refractivity contribution in [2.24, 2.45) is 5.92 Å². The summed E-state index contributed by atoms with van der Waals surface area (Å²) in [7, 11) is -3.07. The molecule has 2 aromatic rings. The molecule has 1 saturated heterocycles. The minimum atomic E-state index is -3.57. The monoisotopic (exact) mass is 423 g/mol. The van der Waals surface area contributed by atoms with Crippen molar-refractivity contribution in [1.82, 2.24) is 14.6 Å². The summed E-state index contributed by atoms with van der Waals surface area (Å²) in [6.07, 6.45) is 7.54. The van der Waals surface area contributed by atoms with Gasteiger partial charge in [-0.25, -0.2) is 8.42 Å². The van der Waals surface area contributed by atoms with Crippen LogP contribution >= 0.6 is 0 Å². The van der Waals surface area contributed by atoms with Crippen molar-refractivity contribution < 1.29 is 20.5 Å². The number of alkyl halides is 1. The zero-order valence-corrected chi connectivity index (χ0v) is 17.2. The van der Waals surface area contributed by atoms with Crippen LogP contribution in [-0.4, -0.2) is 43.9 Å². The predicted octanol–water partition coefficient (Wildman–Crippen LogP) is 4.02. The first-order chi connectivity index (χ1) is 14.0. The largest absolute Gasteiger partial charge is 0.361 e. The van der Waals surface area contributed by atoms with Crippen molar-refractivity contribution in [3.8, 4) is 0 Å². The fraction of sp³-hybridized carbons (Fsp3) is 0.286. The summed E-state index contributed by atoms with van der Waals surface area (Å²) < 4.78 is 36.8. The molecular formula is C21H30FN3O3S. The van der Waals surface area contributed by atoms with Gasteiger partial charge >= 0.3 is 0 Å². The van der Waals surface area contributed by atoms with Gasteiger partial charge in [0.1, 0.15) is 0 Å². The number of carbonyl (C=O) groups is 1. The van der Waals surface area contributed by atoms with Gasteiger partial charge in [0.25, 0.3) is 0 Å². The number of nitrogens with one attached hydrogen (secondary N) is 2. The number of fused-ring (bicyclic) bond motifs is 1. The van der Waals surface area contributed by atoms with Gasteiger partial charge in [-0.15, -0.1) is 0 Å². The Morgan fingerprint density at radius 2 is 1.97 bits per heavy atom. The Morgan fingerprint density at radius 1 is 1.28 bits per heavy atom. The van der Waals surface area contributed by atoms with Crippen molar-refractivity contribution >= 4 is 26.8 Å². The Kier molecular flexibility index (Phi) is 7.92. The summed E-state index contributed by atoms with van der Waals surface area (Å²) in [5.74, 6) is -0.342. The highest BCUT2D eigenvalue weighted by molar-refractivity contribution is 7.89. The van der Waals surface area contributed by atoms with E-state index < -0.39 is 10.0 Å². The van der Waals surface area contributed by atoms with Crippen LogP contribution < -0.4 is 5.32 Å². The van der Waals surface area contributed by atoms with Gasteiger partial charge < -0.3 is 10.3 Å². The summed E-state index contributed by atoms with van der Waals surface area (Å²) in [6, 6.07) is 6.91. The molecule has 1 aromatic carbocycles. The highest BCUT2D eigenvalue weighted by atomic mass is 32.2. The minimum Gasteiger partial charge on any atom is -0.361 e. The van der Waals surface area contributed by atoms with Crippen LogP contribution in [0.1, 0.15) is 15.7 Å². The maximum absolute atomic E-state index is 12.9. The van der Waals surface area contributed by atoms with Gasteiger partial charge in [-0.3, -0.25) is 9.18 Å². The topological polar surface area (TPSA) is 82.3 Å². The molecule has 1 aromatic heterocycles. The molecule has 2 heterocycles. The molecule has 160 valence electrons. The van der Waals surface area contributed by atoms with E-state index in [0.717, 1.165) is 10.9 Å². The molecule has 0 atom stereocenters. The van der Waals surface area contributed by atoms with E-state index in [1.165, 1.54) is 4.31 Å². The Balaban J connectivity index is 0.00000219. The lowest BCUT2D eigenvalue weighted by atomic mass is 9.97. The lowest BCUT2D eigenvalue weighted by molar-refractivity contribution is -0.125. The Labute approximate surface area is 173 Å². The smallest absolute Gasteiger partial charge is 0.243 e. The van der Waals surface area contributed by atoms with E-state index in [0.29, 0.717) is 38.8 Å². The zero-order valence-electron chi connectivity index (χ0n) is 16.4. The second-order valence-electron chi connectivity index (χ2n) is 6.46. The fourth-order valence-electron chi connectivity index (χ4n) is 3.23. The van der Waals surface area contributed by atoms with Gasteiger partial charge in [0.15, 0.2) is 0 Å². The number of benzene rings is 1. The first-order valence-electron chi connectivity index (χ1n) is 9.17. The van der Waals surface area contributed by atoms with Crippen molar-refractivity contribution in [3.05, 3.63) is 67.5 Å². The molecule has 6 nitrogen and oxygen atoms in total. The van der Waals surface area contributed by atoms with Crippen molar-refractivity contribution in [2.45, 2.75) is 17.7 Å². The van der Waals surface area contributed by atoms with Gasteiger partial charge in [0, 0.05) is 44.7 Å². The number of hydrogen-bond acceptors (Lipinski definition) is 3. The number of nitrogens with zero attached hydrogens (tertiary/aromatic N) is 1. The molecule has 0 spiro atoms. The lowest BCUT2D eigenvalue weighted by Crippen LogP contribution is -2.42. The van der Waals surface area contributed by atoms with Gasteiger partial charge in [-0.1, -0.05) is 19.2 Å². The number of aromatic nitrogens is 1.